The molecule has 1 saturated heterocycles. The molecule has 0 aromatic heterocycles. The van der Waals surface area contributed by atoms with E-state index in [1.807, 2.05) is 19.1 Å². The number of rotatable bonds is 8. The van der Waals surface area contributed by atoms with Gasteiger partial charge in [-0.2, -0.15) is 0 Å². The highest BCUT2D eigenvalue weighted by Crippen LogP contribution is 2.27. The molecular weight excluding hydrogens is 453 g/mol. The average molecular weight is 492 g/mol. The molecule has 1 heterocycles. The molecule has 2 aromatic rings. The maximum Gasteiger partial charge on any atom is 0.152 e. The van der Waals surface area contributed by atoms with E-state index in [2.05, 4.69) is 43.5 Å². The van der Waals surface area contributed by atoms with Crippen LogP contribution in [0.4, 0.5) is 10.1 Å². The first-order valence-corrected chi connectivity index (χ1v) is 13.7. The molecule has 5 N–H and O–H groups in total. The van der Waals surface area contributed by atoms with Gasteiger partial charge in [0.05, 0.1) is 23.3 Å². The van der Waals surface area contributed by atoms with Gasteiger partial charge in [-0.1, -0.05) is 58.0 Å². The molecule has 8 heteroatoms. The number of aliphatic hydroxyl groups excluding tert-OH is 1. The van der Waals surface area contributed by atoms with Crippen LogP contribution in [0.3, 0.4) is 0 Å². The number of nitrogens with one attached hydrogen (secondary N) is 2. The number of hydrogen-bond donors (Lipinski definition) is 4. The van der Waals surface area contributed by atoms with E-state index in [9.17, 15) is 17.9 Å². The van der Waals surface area contributed by atoms with Crippen molar-refractivity contribution in [1.82, 2.24) is 10.6 Å². The number of anilines is 1. The third-order valence-corrected chi connectivity index (χ3v) is 8.30. The standard InChI is InChI=1S/C26H38FN3O3S/c1-5-29-14-19-9-18(12-22(27)24(19)28)10-20-15-34(32,33)16-23(25(20)31)30-13-17-7-6-8-21(11-17)26(2,3)4/h6-9,11-12,20,23,25,29-31H,5,10,13-16,28H2,1-4H3/t20-,23+,25+/m1/s1. The Morgan fingerprint density at radius 3 is 2.53 bits per heavy atom. The van der Waals surface area contributed by atoms with Crippen molar-refractivity contribution in [3.05, 3.63) is 64.5 Å². The summed E-state index contributed by atoms with van der Waals surface area (Å²) in [5.74, 6) is -1.30. The second-order valence-electron chi connectivity index (χ2n) is 10.4. The maximum absolute atomic E-state index is 14.4. The van der Waals surface area contributed by atoms with E-state index in [1.54, 1.807) is 6.07 Å². The second kappa shape index (κ2) is 10.7. The fourth-order valence-electron chi connectivity index (χ4n) is 4.51. The summed E-state index contributed by atoms with van der Waals surface area (Å²) in [5.41, 5.74) is 9.49. The molecule has 6 nitrogen and oxygen atoms in total. The summed E-state index contributed by atoms with van der Waals surface area (Å²) in [7, 11) is -3.37. The van der Waals surface area contributed by atoms with Gasteiger partial charge in [-0.25, -0.2) is 12.8 Å². The number of hydrogen-bond acceptors (Lipinski definition) is 6. The lowest BCUT2D eigenvalue weighted by Crippen LogP contribution is -2.54. The SMILES string of the molecule is CCNCc1cc(C[C@@H]2CS(=O)(=O)C[C@H](NCc3cccc(C(C)(C)C)c3)[C@H]2O)cc(F)c1N. The molecule has 3 rings (SSSR count). The van der Waals surface area contributed by atoms with E-state index >= 15 is 0 Å². The molecule has 1 aliphatic rings. The van der Waals surface area contributed by atoms with E-state index in [0.29, 0.717) is 24.2 Å². The minimum Gasteiger partial charge on any atom is -0.396 e. The van der Waals surface area contributed by atoms with Crippen LogP contribution in [0.2, 0.25) is 0 Å². The third kappa shape index (κ3) is 6.78. The van der Waals surface area contributed by atoms with Gasteiger partial charge in [-0.15, -0.1) is 0 Å². The molecule has 34 heavy (non-hydrogen) atoms. The van der Waals surface area contributed by atoms with Gasteiger partial charge < -0.3 is 21.5 Å². The predicted octanol–water partition coefficient (Wildman–Crippen LogP) is 2.92. The Hall–Kier alpha value is -2.00. The Kier molecular flexibility index (Phi) is 8.39. The molecule has 2 aromatic carbocycles. The van der Waals surface area contributed by atoms with Crippen LogP contribution in [-0.4, -0.2) is 43.7 Å². The molecule has 0 amide bonds. The molecule has 0 bridgehead atoms. The number of sulfone groups is 1. The number of benzene rings is 2. The Morgan fingerprint density at radius 2 is 1.85 bits per heavy atom. The van der Waals surface area contributed by atoms with E-state index < -0.39 is 33.7 Å². The molecule has 1 aliphatic heterocycles. The maximum atomic E-state index is 14.4. The van der Waals surface area contributed by atoms with E-state index in [0.717, 1.165) is 12.1 Å². The average Bonchev–Trinajstić information content (AvgIpc) is 2.75. The summed E-state index contributed by atoms with van der Waals surface area (Å²) >= 11 is 0. The second-order valence-corrected chi connectivity index (χ2v) is 12.6. The normalized spacial score (nSPS) is 22.6. The largest absolute Gasteiger partial charge is 0.396 e. The van der Waals surface area contributed by atoms with Crippen molar-refractivity contribution < 1.29 is 17.9 Å². The highest BCUT2D eigenvalue weighted by atomic mass is 32.2. The van der Waals surface area contributed by atoms with Crippen molar-refractivity contribution in [2.75, 3.05) is 23.8 Å². The zero-order chi connectivity index (χ0) is 25.1. The van der Waals surface area contributed by atoms with Crippen LogP contribution in [0, 0.1) is 11.7 Å². The number of nitrogens with two attached hydrogens (primary N) is 1. The van der Waals surface area contributed by atoms with Crippen LogP contribution in [0.15, 0.2) is 36.4 Å². The fourth-order valence-corrected chi connectivity index (χ4v) is 6.48. The topological polar surface area (TPSA) is 104 Å². The molecule has 188 valence electrons. The number of halogens is 1. The van der Waals surface area contributed by atoms with Crippen LogP contribution in [0.1, 0.15) is 49.9 Å². The molecule has 0 saturated carbocycles. The molecule has 0 spiro atoms. The lowest BCUT2D eigenvalue weighted by Gasteiger charge is -2.35. The first-order chi connectivity index (χ1) is 15.9. The summed E-state index contributed by atoms with van der Waals surface area (Å²) < 4.78 is 39.8. The monoisotopic (exact) mass is 491 g/mol. The predicted molar refractivity (Wildman–Crippen MR) is 136 cm³/mol. The van der Waals surface area contributed by atoms with Crippen LogP contribution in [0.5, 0.6) is 0 Å². The van der Waals surface area contributed by atoms with Crippen molar-refractivity contribution in [2.45, 2.75) is 64.8 Å². The van der Waals surface area contributed by atoms with Crippen molar-refractivity contribution >= 4 is 15.5 Å². The van der Waals surface area contributed by atoms with Gasteiger partial charge in [-0.3, -0.25) is 0 Å². The van der Waals surface area contributed by atoms with Crippen molar-refractivity contribution in [2.24, 2.45) is 5.92 Å². The van der Waals surface area contributed by atoms with Gasteiger partial charge in [0.1, 0.15) is 5.82 Å². The minimum absolute atomic E-state index is 0.00858. The Morgan fingerprint density at radius 1 is 1.12 bits per heavy atom. The first kappa shape index (κ1) is 26.6. The van der Waals surface area contributed by atoms with Crippen LogP contribution in [0.25, 0.3) is 0 Å². The molecule has 0 radical (unpaired) electrons. The quantitative estimate of drug-likeness (QED) is 0.423. The fraction of sp³-hybridized carbons (Fsp3) is 0.538. The number of aliphatic hydroxyl groups is 1. The molecule has 3 atom stereocenters. The van der Waals surface area contributed by atoms with Gasteiger partial charge in [0.2, 0.25) is 0 Å². The number of nitrogen functional groups attached to an aromatic ring is 1. The zero-order valence-electron chi connectivity index (χ0n) is 20.6. The molecule has 1 fully saturated rings. The summed E-state index contributed by atoms with van der Waals surface area (Å²) in [6.07, 6.45) is -0.610. The van der Waals surface area contributed by atoms with Crippen molar-refractivity contribution in [3.8, 4) is 0 Å². The van der Waals surface area contributed by atoms with Gasteiger partial charge in [0.15, 0.2) is 9.84 Å². The Labute approximate surface area is 203 Å². The molecular formula is C26H38FN3O3S. The van der Waals surface area contributed by atoms with Crippen LogP contribution >= 0.6 is 0 Å². The smallest absolute Gasteiger partial charge is 0.152 e. The summed E-state index contributed by atoms with van der Waals surface area (Å²) in [6.45, 7) is 9.98. The van der Waals surface area contributed by atoms with Crippen LogP contribution in [-0.2, 0) is 34.8 Å². The Balaban J connectivity index is 1.75. The van der Waals surface area contributed by atoms with Crippen LogP contribution < -0.4 is 16.4 Å². The van der Waals surface area contributed by atoms with Gasteiger partial charge in [-0.05, 0) is 46.7 Å². The van der Waals surface area contributed by atoms with Crippen molar-refractivity contribution in [3.63, 3.8) is 0 Å². The van der Waals surface area contributed by atoms with Gasteiger partial charge in [0.25, 0.3) is 0 Å². The lowest BCUT2D eigenvalue weighted by molar-refractivity contribution is 0.0780. The molecule has 0 unspecified atom stereocenters. The minimum atomic E-state index is -3.37. The summed E-state index contributed by atoms with van der Waals surface area (Å²) in [4.78, 5) is 0. The van der Waals surface area contributed by atoms with Crippen molar-refractivity contribution in [1.29, 1.82) is 0 Å². The van der Waals surface area contributed by atoms with Gasteiger partial charge >= 0.3 is 0 Å². The highest BCUT2D eigenvalue weighted by Gasteiger charge is 2.39. The Bertz CT molecular complexity index is 1100. The van der Waals surface area contributed by atoms with E-state index in [4.69, 9.17) is 5.73 Å². The highest BCUT2D eigenvalue weighted by molar-refractivity contribution is 7.91. The summed E-state index contributed by atoms with van der Waals surface area (Å²) in [5, 5.41) is 17.5. The first-order valence-electron chi connectivity index (χ1n) is 11.9. The van der Waals surface area contributed by atoms with E-state index in [1.165, 1.54) is 11.6 Å². The molecule has 0 aliphatic carbocycles. The zero-order valence-corrected chi connectivity index (χ0v) is 21.4. The lowest BCUT2D eigenvalue weighted by atomic mass is 9.86. The van der Waals surface area contributed by atoms with Gasteiger partial charge in [0, 0.05) is 25.0 Å². The summed E-state index contributed by atoms with van der Waals surface area (Å²) in [6, 6.07) is 10.7. The third-order valence-electron chi connectivity index (χ3n) is 6.50. The van der Waals surface area contributed by atoms with E-state index in [-0.39, 0.29) is 29.0 Å².